The number of carboxylic acid groups (broad SMARTS) is 2. The Morgan fingerprint density at radius 3 is 2.13 bits per heavy atom. The molecule has 1 unspecified atom stereocenters. The van der Waals surface area contributed by atoms with Gasteiger partial charge in [-0.2, -0.15) is 38.1 Å². The van der Waals surface area contributed by atoms with Gasteiger partial charge in [0.05, 0.1) is 28.8 Å². The van der Waals surface area contributed by atoms with Gasteiger partial charge in [-0.15, -0.1) is 0 Å². The molecule has 1 atom stereocenters. The summed E-state index contributed by atoms with van der Waals surface area (Å²) in [6, 6.07) is 1.44. The molecule has 1 saturated heterocycles. The molecular weight excluding hydrogens is 567 g/mol. The Hall–Kier alpha value is -3.63. The zero-order valence-electron chi connectivity index (χ0n) is 19.6. The SMILES string of the molecule is O=C(O)C(F)(F)F.O=C(O)CC(NC(=O)c1cnc2cc(C(F)(F)F)ccc2c1N1CCSCC1)C(=O)CF. The van der Waals surface area contributed by atoms with Crippen LogP contribution in [0.5, 0.6) is 0 Å². The molecule has 39 heavy (non-hydrogen) atoms. The van der Waals surface area contributed by atoms with Crippen molar-refractivity contribution in [1.29, 1.82) is 0 Å². The lowest BCUT2D eigenvalue weighted by Gasteiger charge is -2.31. The number of fused-ring (bicyclic) bond motifs is 1. The summed E-state index contributed by atoms with van der Waals surface area (Å²) in [5, 5.41) is 18.6. The number of ketones is 1. The van der Waals surface area contributed by atoms with Gasteiger partial charge >= 0.3 is 24.3 Å². The van der Waals surface area contributed by atoms with Crippen molar-refractivity contribution in [2.75, 3.05) is 36.2 Å². The number of Topliss-reactive ketones (excluding diaryl/α,β-unsaturated/α-hetero) is 1. The molecule has 0 aliphatic carbocycles. The van der Waals surface area contributed by atoms with Crippen molar-refractivity contribution in [3.05, 3.63) is 35.5 Å². The first kappa shape index (κ1) is 31.6. The van der Waals surface area contributed by atoms with E-state index in [1.165, 1.54) is 6.07 Å². The van der Waals surface area contributed by atoms with Crippen LogP contribution in [0.4, 0.5) is 36.4 Å². The van der Waals surface area contributed by atoms with Gasteiger partial charge in [-0.05, 0) is 12.1 Å². The number of aliphatic carboxylic acids is 2. The van der Waals surface area contributed by atoms with E-state index < -0.39 is 60.7 Å². The standard InChI is InChI=1S/C20H19F4N3O4S.C2HF3O2/c21-9-16(28)15(8-17(29)30)26-19(31)13-10-25-14-7-11(20(22,23)24)1-2-12(14)18(13)27-3-5-32-6-4-27;3-2(4,5)1(6)7/h1-2,7,10,15H,3-6,8-9H2,(H,26,31)(H,29,30);(H,6,7). The Bertz CT molecular complexity index is 1230. The van der Waals surface area contributed by atoms with E-state index in [4.69, 9.17) is 15.0 Å². The van der Waals surface area contributed by atoms with Gasteiger partial charge in [0.15, 0.2) is 5.78 Å². The van der Waals surface area contributed by atoms with Crippen molar-refractivity contribution in [3.8, 4) is 0 Å². The van der Waals surface area contributed by atoms with E-state index in [1.54, 1.807) is 11.8 Å². The summed E-state index contributed by atoms with van der Waals surface area (Å²) in [6.45, 7) is -0.412. The Balaban J connectivity index is 0.000000673. The van der Waals surface area contributed by atoms with Crippen LogP contribution in [0.3, 0.4) is 0 Å². The molecular formula is C22H20F7N3O6S. The number of pyridine rings is 1. The van der Waals surface area contributed by atoms with Crippen LogP contribution in [-0.2, 0) is 20.6 Å². The van der Waals surface area contributed by atoms with E-state index in [-0.39, 0.29) is 11.1 Å². The largest absolute Gasteiger partial charge is 0.490 e. The third-order valence-electron chi connectivity index (χ3n) is 5.19. The molecule has 1 aliphatic heterocycles. The number of halogens is 7. The molecule has 3 N–H and O–H groups in total. The Morgan fingerprint density at radius 1 is 1.05 bits per heavy atom. The fourth-order valence-corrected chi connectivity index (χ4v) is 4.30. The third kappa shape index (κ3) is 8.69. The highest BCUT2D eigenvalue weighted by Gasteiger charge is 2.38. The third-order valence-corrected chi connectivity index (χ3v) is 6.13. The number of rotatable bonds is 7. The maximum Gasteiger partial charge on any atom is 0.490 e. The molecule has 214 valence electrons. The fraction of sp³-hybridized carbons (Fsp3) is 0.409. The van der Waals surface area contributed by atoms with Crippen LogP contribution in [0.1, 0.15) is 22.3 Å². The molecule has 17 heteroatoms. The highest BCUT2D eigenvalue weighted by Crippen LogP contribution is 2.36. The number of hydrogen-bond donors (Lipinski definition) is 3. The number of carboxylic acids is 2. The second-order valence-corrected chi connectivity index (χ2v) is 9.10. The first-order valence-electron chi connectivity index (χ1n) is 10.8. The van der Waals surface area contributed by atoms with Gasteiger partial charge in [0.25, 0.3) is 5.91 Å². The topological polar surface area (TPSA) is 137 Å². The summed E-state index contributed by atoms with van der Waals surface area (Å²) in [7, 11) is 0. The highest BCUT2D eigenvalue weighted by atomic mass is 32.2. The van der Waals surface area contributed by atoms with E-state index in [1.807, 2.05) is 4.90 Å². The predicted octanol–water partition coefficient (Wildman–Crippen LogP) is 3.55. The second-order valence-electron chi connectivity index (χ2n) is 7.88. The van der Waals surface area contributed by atoms with Crippen molar-refractivity contribution >= 4 is 52.0 Å². The van der Waals surface area contributed by atoms with Crippen molar-refractivity contribution < 1.29 is 60.1 Å². The number of aromatic nitrogens is 1. The minimum Gasteiger partial charge on any atom is -0.481 e. The summed E-state index contributed by atoms with van der Waals surface area (Å²) in [5.41, 5.74) is -0.550. The maximum atomic E-state index is 13.1. The van der Waals surface area contributed by atoms with Crippen LogP contribution in [0, 0.1) is 0 Å². The number of nitrogens with zero attached hydrogens (tertiary/aromatic N) is 2. The molecule has 9 nitrogen and oxygen atoms in total. The Morgan fingerprint density at radius 2 is 1.64 bits per heavy atom. The lowest BCUT2D eigenvalue weighted by atomic mass is 10.0. The summed E-state index contributed by atoms with van der Waals surface area (Å²) in [4.78, 5) is 50.5. The number of carbonyl (C=O) groups is 4. The number of anilines is 1. The molecule has 0 saturated carbocycles. The fourth-order valence-electron chi connectivity index (χ4n) is 3.40. The minimum absolute atomic E-state index is 0.0338. The van der Waals surface area contributed by atoms with Gasteiger partial charge in [0, 0.05) is 36.2 Å². The average molecular weight is 587 g/mol. The lowest BCUT2D eigenvalue weighted by molar-refractivity contribution is -0.192. The number of hydrogen-bond acceptors (Lipinski definition) is 7. The Kier molecular flexibility index (Phi) is 10.5. The van der Waals surface area contributed by atoms with Crippen molar-refractivity contribution in [1.82, 2.24) is 10.3 Å². The zero-order chi connectivity index (χ0) is 29.5. The van der Waals surface area contributed by atoms with Crippen LogP contribution in [0.15, 0.2) is 24.4 Å². The van der Waals surface area contributed by atoms with Crippen LogP contribution in [0.25, 0.3) is 10.9 Å². The number of nitrogens with one attached hydrogen (secondary N) is 1. The smallest absolute Gasteiger partial charge is 0.481 e. The first-order valence-corrected chi connectivity index (χ1v) is 12.0. The predicted molar refractivity (Wildman–Crippen MR) is 124 cm³/mol. The molecule has 0 bridgehead atoms. The lowest BCUT2D eigenvalue weighted by Crippen LogP contribution is -2.44. The molecule has 1 aliphatic rings. The normalized spacial score (nSPS) is 14.7. The second kappa shape index (κ2) is 12.9. The van der Waals surface area contributed by atoms with Crippen LogP contribution in [-0.4, -0.2) is 82.3 Å². The molecule has 2 aromatic rings. The van der Waals surface area contributed by atoms with E-state index in [0.29, 0.717) is 24.2 Å². The van der Waals surface area contributed by atoms with Crippen molar-refractivity contribution in [2.45, 2.75) is 24.8 Å². The van der Waals surface area contributed by atoms with Crippen molar-refractivity contribution in [3.63, 3.8) is 0 Å². The molecule has 1 aromatic carbocycles. The van der Waals surface area contributed by atoms with Gasteiger partial charge in [0.1, 0.15) is 12.7 Å². The first-order chi connectivity index (χ1) is 18.1. The number of carbonyl (C=O) groups excluding carboxylic acids is 2. The summed E-state index contributed by atoms with van der Waals surface area (Å²) in [5.74, 6) is -4.66. The van der Waals surface area contributed by atoms with Crippen LogP contribution >= 0.6 is 11.8 Å². The molecule has 0 spiro atoms. The summed E-state index contributed by atoms with van der Waals surface area (Å²) >= 11 is 1.68. The molecule has 1 fully saturated rings. The van der Waals surface area contributed by atoms with Gasteiger partial charge in [-0.25, -0.2) is 9.18 Å². The number of thioether (sulfide) groups is 1. The quantitative estimate of drug-likeness (QED) is 0.416. The average Bonchev–Trinajstić information content (AvgIpc) is 2.86. The minimum atomic E-state index is -5.08. The Labute approximate surface area is 219 Å². The van der Waals surface area contributed by atoms with Gasteiger partial charge in [0.2, 0.25) is 0 Å². The molecule has 0 radical (unpaired) electrons. The van der Waals surface area contributed by atoms with E-state index in [2.05, 4.69) is 10.3 Å². The monoisotopic (exact) mass is 587 g/mol. The number of benzene rings is 1. The van der Waals surface area contributed by atoms with E-state index >= 15 is 0 Å². The molecule has 2 heterocycles. The van der Waals surface area contributed by atoms with Crippen LogP contribution < -0.4 is 10.2 Å². The summed E-state index contributed by atoms with van der Waals surface area (Å²) < 4.78 is 83.9. The number of alkyl halides is 7. The highest BCUT2D eigenvalue weighted by molar-refractivity contribution is 7.99. The van der Waals surface area contributed by atoms with Gasteiger partial charge in [-0.3, -0.25) is 19.4 Å². The zero-order valence-corrected chi connectivity index (χ0v) is 20.4. The van der Waals surface area contributed by atoms with E-state index in [0.717, 1.165) is 29.8 Å². The summed E-state index contributed by atoms with van der Waals surface area (Å²) in [6.07, 6.45) is -9.36. The number of amides is 1. The molecule has 3 rings (SSSR count). The van der Waals surface area contributed by atoms with Crippen molar-refractivity contribution in [2.24, 2.45) is 0 Å². The van der Waals surface area contributed by atoms with E-state index in [9.17, 15) is 45.1 Å². The van der Waals surface area contributed by atoms with Gasteiger partial charge < -0.3 is 20.4 Å². The molecule has 1 amide bonds. The van der Waals surface area contributed by atoms with Gasteiger partial charge in [-0.1, -0.05) is 6.07 Å². The van der Waals surface area contributed by atoms with Crippen LogP contribution in [0.2, 0.25) is 0 Å². The maximum absolute atomic E-state index is 13.1. The molecule has 1 aromatic heterocycles.